The Morgan fingerprint density at radius 1 is 1.06 bits per heavy atom. The summed E-state index contributed by atoms with van der Waals surface area (Å²) in [6.45, 7) is 8.89. The van der Waals surface area contributed by atoms with Gasteiger partial charge >= 0.3 is 5.97 Å². The average molecular weight is 775 g/mol. The molecule has 6 atom stereocenters. The summed E-state index contributed by atoms with van der Waals surface area (Å²) in [5.41, 5.74) is -1.93. The molecule has 10 nitrogen and oxygen atoms in total. The number of rotatable bonds is 5. The van der Waals surface area contributed by atoms with Crippen LogP contribution in [0.4, 0.5) is 8.78 Å². The first kappa shape index (κ1) is 28.1. The van der Waals surface area contributed by atoms with Crippen molar-refractivity contribution in [1.29, 1.82) is 0 Å². The Kier molecular flexibility index (Phi) is 6.59. The smallest absolute Gasteiger partial charge is 0.311 e. The summed E-state index contributed by atoms with van der Waals surface area (Å²) >= 11 is 0. The maximum Gasteiger partial charge on any atom is 0.311 e. The monoisotopic (exact) mass is 774 g/mol. The Hall–Kier alpha value is -3.15. The predicted octanol–water partition coefficient (Wildman–Crippen LogP) is 1.45. The number of ether oxygens (including phenoxy) is 2. The SMILES string of the molecule is CC(C)(C)C(=O)OC1C2CC3C(C(=O)N(C(=O)C(C)(C)C)C31)C2C(=O)O[CH-]C(F)(F)S(=O)(=O)[O-].[Rf]. The number of carbonyl (C=O) groups is 4. The predicted molar refractivity (Wildman–Crippen MR) is 108 cm³/mol. The summed E-state index contributed by atoms with van der Waals surface area (Å²) in [4.78, 5) is 52.8. The Labute approximate surface area is 196 Å². The van der Waals surface area contributed by atoms with Crippen molar-refractivity contribution in [3.05, 3.63) is 6.61 Å². The van der Waals surface area contributed by atoms with Crippen LogP contribution in [0.25, 0.3) is 0 Å². The van der Waals surface area contributed by atoms with E-state index in [2.05, 4.69) is 4.74 Å². The number of fused-ring (bicyclic) bond motifs is 1. The molecule has 0 aromatic carbocycles. The second-order valence-corrected chi connectivity index (χ2v) is 12.5. The summed E-state index contributed by atoms with van der Waals surface area (Å²) in [5, 5.41) is -4.98. The van der Waals surface area contributed by atoms with Crippen LogP contribution in [-0.2, 0) is 38.8 Å². The van der Waals surface area contributed by atoms with Gasteiger partial charge in [-0.1, -0.05) is 27.4 Å². The van der Waals surface area contributed by atoms with E-state index in [-0.39, 0.29) is 6.42 Å². The van der Waals surface area contributed by atoms with Gasteiger partial charge in [-0.3, -0.25) is 24.1 Å². The number of halogens is 2. The molecule has 194 valence electrons. The van der Waals surface area contributed by atoms with Gasteiger partial charge in [0.1, 0.15) is 16.2 Å². The van der Waals surface area contributed by atoms with Crippen LogP contribution in [-0.4, -0.2) is 59.0 Å². The summed E-state index contributed by atoms with van der Waals surface area (Å²) in [6, 6.07) is -0.822. The van der Waals surface area contributed by atoms with E-state index < -0.39 is 92.4 Å². The Morgan fingerprint density at radius 2 is 1.60 bits per heavy atom. The van der Waals surface area contributed by atoms with Gasteiger partial charge in [0.25, 0.3) is 11.2 Å². The third-order valence-corrected chi connectivity index (χ3v) is 7.27. The van der Waals surface area contributed by atoms with Crippen molar-refractivity contribution in [3.63, 3.8) is 0 Å². The quantitative estimate of drug-likeness (QED) is 0.230. The van der Waals surface area contributed by atoms with Gasteiger partial charge in [-0.25, -0.2) is 17.2 Å². The fourth-order valence-corrected chi connectivity index (χ4v) is 5.12. The second-order valence-electron chi connectivity index (χ2n) is 11.1. The molecule has 2 aliphatic carbocycles. The van der Waals surface area contributed by atoms with Crippen LogP contribution < -0.4 is 0 Å². The van der Waals surface area contributed by atoms with Crippen LogP contribution in [0.3, 0.4) is 0 Å². The molecule has 6 unspecified atom stereocenters. The molecule has 35 heavy (non-hydrogen) atoms. The molecule has 1 saturated heterocycles. The Balaban J connectivity index is 0.00000432. The number of nitrogens with zero attached hydrogens (tertiary/aromatic N) is 1. The molecule has 14 heteroatoms. The first-order valence-electron chi connectivity index (χ1n) is 10.7. The molecular formula is C21H27F2NO9RfS-2. The summed E-state index contributed by atoms with van der Waals surface area (Å²) in [6.07, 6.45) is -0.889. The minimum absolute atomic E-state index is 0. The molecule has 3 aliphatic rings. The summed E-state index contributed by atoms with van der Waals surface area (Å²) < 4.78 is 69.1. The van der Waals surface area contributed by atoms with E-state index in [4.69, 9.17) is 4.74 Å². The molecule has 1 heterocycles. The number of amides is 2. The largest absolute Gasteiger partial charge is 0.746 e. The van der Waals surface area contributed by atoms with Gasteiger partial charge in [-0.15, -0.1) is 0 Å². The normalized spacial score (nSPS) is 30.2. The third kappa shape index (κ3) is 4.46. The zero-order valence-electron chi connectivity index (χ0n) is 20.2. The number of hydrogen-bond acceptors (Lipinski definition) is 9. The molecule has 0 spiro atoms. The number of hydrogen-bond donors (Lipinski definition) is 0. The van der Waals surface area contributed by atoms with Crippen molar-refractivity contribution in [2.75, 3.05) is 0 Å². The maximum absolute atomic E-state index is 13.5. The maximum atomic E-state index is 13.5. The van der Waals surface area contributed by atoms with Crippen LogP contribution in [0.2, 0.25) is 0 Å². The van der Waals surface area contributed by atoms with Crippen molar-refractivity contribution in [3.8, 4) is 0 Å². The van der Waals surface area contributed by atoms with E-state index in [1.54, 1.807) is 41.5 Å². The van der Waals surface area contributed by atoms with E-state index >= 15 is 0 Å². The second kappa shape index (κ2) is 8.21. The fourth-order valence-electron chi connectivity index (χ4n) is 4.95. The van der Waals surface area contributed by atoms with Crippen LogP contribution in [0, 0.1) is 41.1 Å². The number of likely N-dealkylation sites (tertiary alicyclic amines) is 1. The molecular weight excluding hydrogens is 747 g/mol. The summed E-state index contributed by atoms with van der Waals surface area (Å²) in [7, 11) is -6.14. The number of carbonyl (C=O) groups excluding carboxylic acids is 4. The van der Waals surface area contributed by atoms with E-state index in [0.717, 1.165) is 4.90 Å². The molecule has 0 aromatic rings. The number of imide groups is 1. The Bertz CT molecular complexity index is 1030. The van der Waals surface area contributed by atoms with Crippen molar-refractivity contribution in [2.45, 2.75) is 65.4 Å². The molecule has 2 bridgehead atoms. The van der Waals surface area contributed by atoms with Gasteiger partial charge in [0, 0.05) is 11.3 Å². The topological polar surface area (TPSA) is 147 Å². The van der Waals surface area contributed by atoms with Gasteiger partial charge in [-0.05, 0) is 33.1 Å². The molecule has 0 N–H and O–H groups in total. The van der Waals surface area contributed by atoms with E-state index in [1.165, 1.54) is 0 Å². The minimum atomic E-state index is -6.14. The fraction of sp³-hybridized carbons (Fsp3) is 0.762. The molecule has 0 radical (unpaired) electrons. The van der Waals surface area contributed by atoms with Crippen LogP contribution in [0.15, 0.2) is 0 Å². The van der Waals surface area contributed by atoms with Gasteiger partial charge in [0.15, 0.2) is 0 Å². The van der Waals surface area contributed by atoms with Crippen molar-refractivity contribution in [2.24, 2.45) is 34.5 Å². The van der Waals surface area contributed by atoms with E-state index in [1.807, 2.05) is 0 Å². The molecule has 2 saturated carbocycles. The Morgan fingerprint density at radius 3 is 2.06 bits per heavy atom. The van der Waals surface area contributed by atoms with Crippen LogP contribution in [0.5, 0.6) is 0 Å². The van der Waals surface area contributed by atoms with Crippen molar-refractivity contribution >= 4 is 33.9 Å². The molecule has 3 rings (SSSR count). The average Bonchev–Trinajstić information content (AvgIpc) is 3.26. The standard InChI is InChI=1S/C21H28F2NO9S.Rf/c1-19(2,3)17(27)24-13-9-7-10(14(13)33-18(28)20(4,5)6)12(11(9)15(24)25)16(26)32-8-21(22,23)34(29,30)31;/h8-14H,7H2,1-6H3,(H,29,30,31);/q-1;/p-1. The van der Waals surface area contributed by atoms with Gasteiger partial charge < -0.3 is 14.0 Å². The van der Waals surface area contributed by atoms with E-state index in [0.29, 0.717) is 0 Å². The molecule has 1 aliphatic heterocycles. The van der Waals surface area contributed by atoms with Gasteiger partial charge in [-0.2, -0.15) is 0 Å². The van der Waals surface area contributed by atoms with E-state index in [9.17, 15) is 40.9 Å². The molecule has 3 fully saturated rings. The van der Waals surface area contributed by atoms with Crippen LogP contribution >= 0.6 is 0 Å². The summed E-state index contributed by atoms with van der Waals surface area (Å²) in [5.74, 6) is -7.14. The van der Waals surface area contributed by atoms with Gasteiger partial charge in [0.2, 0.25) is 11.8 Å². The van der Waals surface area contributed by atoms with Crippen molar-refractivity contribution in [1.82, 2.24) is 4.90 Å². The van der Waals surface area contributed by atoms with Crippen molar-refractivity contribution < 1.29 is 50.4 Å². The first-order valence-corrected chi connectivity index (χ1v) is 12.1. The van der Waals surface area contributed by atoms with Crippen LogP contribution in [0.1, 0.15) is 48.0 Å². The first-order chi connectivity index (χ1) is 15.2. The number of alkyl halides is 2. The third-order valence-electron chi connectivity index (χ3n) is 6.51. The number of esters is 2. The van der Waals surface area contributed by atoms with Gasteiger partial charge in [0.05, 0.1) is 23.3 Å². The molecule has 2 amide bonds. The minimum Gasteiger partial charge on any atom is -0.746 e. The zero-order valence-corrected chi connectivity index (χ0v) is 27.5. The zero-order chi connectivity index (χ0) is 26.2. The molecule has 0 aromatic heterocycles.